The Hall–Kier alpha value is -0.930. The minimum atomic E-state index is -0.169. The van der Waals surface area contributed by atoms with E-state index in [9.17, 15) is 4.39 Å². The summed E-state index contributed by atoms with van der Waals surface area (Å²) in [6.07, 6.45) is 1.09. The van der Waals surface area contributed by atoms with Crippen molar-refractivity contribution in [1.29, 1.82) is 0 Å². The van der Waals surface area contributed by atoms with Crippen molar-refractivity contribution < 1.29 is 4.39 Å². The first-order valence-electron chi connectivity index (χ1n) is 4.49. The van der Waals surface area contributed by atoms with Gasteiger partial charge in [-0.1, -0.05) is 12.1 Å². The predicted molar refractivity (Wildman–Crippen MR) is 49.5 cm³/mol. The lowest BCUT2D eigenvalue weighted by molar-refractivity contribution is 0.240. The van der Waals surface area contributed by atoms with Crippen molar-refractivity contribution in [1.82, 2.24) is 10.4 Å². The summed E-state index contributed by atoms with van der Waals surface area (Å²) >= 11 is 0. The molecule has 2 rings (SSSR count). The van der Waals surface area contributed by atoms with Crippen molar-refractivity contribution >= 4 is 0 Å². The molecule has 1 atom stereocenters. The highest BCUT2D eigenvalue weighted by Gasteiger charge is 2.21. The monoisotopic (exact) mass is 180 g/mol. The van der Waals surface area contributed by atoms with E-state index in [1.807, 2.05) is 19.2 Å². The average Bonchev–Trinajstić information content (AvgIpc) is 2.53. The minimum absolute atomic E-state index is 0.169. The number of hydrogen-bond acceptors (Lipinski definition) is 2. The SMILES string of the molecule is CN1NCCC1c1ccc(F)cc1. The molecule has 1 aliphatic heterocycles. The summed E-state index contributed by atoms with van der Waals surface area (Å²) in [6, 6.07) is 7.12. The normalized spacial score (nSPS) is 23.7. The number of benzene rings is 1. The summed E-state index contributed by atoms with van der Waals surface area (Å²) in [5.41, 5.74) is 4.40. The van der Waals surface area contributed by atoms with Crippen molar-refractivity contribution in [2.24, 2.45) is 0 Å². The lowest BCUT2D eigenvalue weighted by Crippen LogP contribution is -2.28. The van der Waals surface area contributed by atoms with Gasteiger partial charge < -0.3 is 0 Å². The molecular weight excluding hydrogens is 167 g/mol. The van der Waals surface area contributed by atoms with Gasteiger partial charge in [-0.2, -0.15) is 0 Å². The van der Waals surface area contributed by atoms with E-state index in [1.165, 1.54) is 17.7 Å². The molecule has 1 fully saturated rings. The van der Waals surface area contributed by atoms with Crippen molar-refractivity contribution in [2.75, 3.05) is 13.6 Å². The quantitative estimate of drug-likeness (QED) is 0.707. The van der Waals surface area contributed by atoms with E-state index >= 15 is 0 Å². The molecule has 70 valence electrons. The Morgan fingerprint density at radius 3 is 2.62 bits per heavy atom. The van der Waals surface area contributed by atoms with Gasteiger partial charge in [0.05, 0.1) is 6.04 Å². The fourth-order valence-corrected chi connectivity index (χ4v) is 1.76. The van der Waals surface area contributed by atoms with Crippen LogP contribution in [0.3, 0.4) is 0 Å². The Bertz CT molecular complexity index is 283. The first kappa shape index (κ1) is 8.66. The Labute approximate surface area is 77.3 Å². The van der Waals surface area contributed by atoms with Crippen LogP contribution < -0.4 is 5.43 Å². The number of halogens is 1. The van der Waals surface area contributed by atoms with Crippen LogP contribution in [0.4, 0.5) is 4.39 Å². The summed E-state index contributed by atoms with van der Waals surface area (Å²) in [5, 5.41) is 2.08. The van der Waals surface area contributed by atoms with E-state index < -0.39 is 0 Å². The summed E-state index contributed by atoms with van der Waals surface area (Å²) in [4.78, 5) is 0. The zero-order chi connectivity index (χ0) is 9.26. The predicted octanol–water partition coefficient (Wildman–Crippen LogP) is 1.71. The van der Waals surface area contributed by atoms with Gasteiger partial charge in [0, 0.05) is 13.6 Å². The van der Waals surface area contributed by atoms with E-state index in [-0.39, 0.29) is 5.82 Å². The average molecular weight is 180 g/mol. The molecule has 13 heavy (non-hydrogen) atoms. The van der Waals surface area contributed by atoms with Gasteiger partial charge >= 0.3 is 0 Å². The van der Waals surface area contributed by atoms with Crippen LogP contribution in [0.2, 0.25) is 0 Å². The van der Waals surface area contributed by atoms with E-state index in [0.29, 0.717) is 6.04 Å². The van der Waals surface area contributed by atoms with Gasteiger partial charge in [0.1, 0.15) is 5.82 Å². The van der Waals surface area contributed by atoms with Crippen LogP contribution in [0.15, 0.2) is 24.3 Å². The van der Waals surface area contributed by atoms with Crippen LogP contribution in [0.1, 0.15) is 18.0 Å². The highest BCUT2D eigenvalue weighted by Crippen LogP contribution is 2.24. The van der Waals surface area contributed by atoms with Gasteiger partial charge in [-0.3, -0.25) is 5.43 Å². The van der Waals surface area contributed by atoms with Gasteiger partial charge in [0.2, 0.25) is 0 Å². The number of rotatable bonds is 1. The summed E-state index contributed by atoms with van der Waals surface area (Å²) < 4.78 is 12.6. The van der Waals surface area contributed by atoms with E-state index in [2.05, 4.69) is 10.4 Å². The third kappa shape index (κ3) is 1.71. The standard InChI is InChI=1S/C10H13FN2/c1-13-10(6-7-12-13)8-2-4-9(11)5-3-8/h2-5,10,12H,6-7H2,1H3. The molecule has 0 bridgehead atoms. The largest absolute Gasteiger partial charge is 0.255 e. The number of hydrogen-bond donors (Lipinski definition) is 1. The molecule has 1 unspecified atom stereocenters. The number of nitrogens with one attached hydrogen (secondary N) is 1. The molecule has 1 N–H and O–H groups in total. The fourth-order valence-electron chi connectivity index (χ4n) is 1.76. The van der Waals surface area contributed by atoms with Gasteiger partial charge in [-0.25, -0.2) is 9.40 Å². The Morgan fingerprint density at radius 2 is 2.08 bits per heavy atom. The molecule has 3 heteroatoms. The molecule has 1 heterocycles. The molecule has 1 saturated heterocycles. The second-order valence-corrected chi connectivity index (χ2v) is 3.38. The summed E-state index contributed by atoms with van der Waals surface area (Å²) in [5.74, 6) is -0.169. The third-order valence-electron chi connectivity index (χ3n) is 2.50. The molecule has 1 aromatic carbocycles. The number of nitrogens with zero attached hydrogens (tertiary/aromatic N) is 1. The molecule has 0 amide bonds. The van der Waals surface area contributed by atoms with Gasteiger partial charge in [-0.05, 0) is 24.1 Å². The second-order valence-electron chi connectivity index (χ2n) is 3.38. The fraction of sp³-hybridized carbons (Fsp3) is 0.400. The maximum Gasteiger partial charge on any atom is 0.123 e. The van der Waals surface area contributed by atoms with E-state index in [0.717, 1.165) is 13.0 Å². The van der Waals surface area contributed by atoms with Crippen LogP contribution in [0.5, 0.6) is 0 Å². The van der Waals surface area contributed by atoms with Crippen molar-refractivity contribution in [3.8, 4) is 0 Å². The van der Waals surface area contributed by atoms with Crippen LogP contribution in [-0.4, -0.2) is 18.6 Å². The Balaban J connectivity index is 2.20. The van der Waals surface area contributed by atoms with Gasteiger partial charge in [-0.15, -0.1) is 0 Å². The van der Waals surface area contributed by atoms with Crippen LogP contribution in [0.25, 0.3) is 0 Å². The molecular formula is C10H13FN2. The first-order chi connectivity index (χ1) is 6.27. The molecule has 1 aliphatic rings. The topological polar surface area (TPSA) is 15.3 Å². The van der Waals surface area contributed by atoms with Crippen LogP contribution in [0, 0.1) is 5.82 Å². The van der Waals surface area contributed by atoms with Crippen LogP contribution >= 0.6 is 0 Å². The Morgan fingerprint density at radius 1 is 1.38 bits per heavy atom. The zero-order valence-electron chi connectivity index (χ0n) is 7.63. The molecule has 0 aliphatic carbocycles. The lowest BCUT2D eigenvalue weighted by Gasteiger charge is -2.18. The molecule has 0 spiro atoms. The second kappa shape index (κ2) is 3.44. The summed E-state index contributed by atoms with van der Waals surface area (Å²) in [6.45, 7) is 0.999. The smallest absolute Gasteiger partial charge is 0.123 e. The highest BCUT2D eigenvalue weighted by atomic mass is 19.1. The maximum absolute atomic E-state index is 12.6. The minimum Gasteiger partial charge on any atom is -0.255 e. The van der Waals surface area contributed by atoms with Crippen molar-refractivity contribution in [3.63, 3.8) is 0 Å². The highest BCUT2D eigenvalue weighted by molar-refractivity contribution is 5.20. The lowest BCUT2D eigenvalue weighted by atomic mass is 10.1. The zero-order valence-corrected chi connectivity index (χ0v) is 7.63. The van der Waals surface area contributed by atoms with Gasteiger partial charge in [0.15, 0.2) is 0 Å². The molecule has 0 aromatic heterocycles. The first-order valence-corrected chi connectivity index (χ1v) is 4.49. The molecule has 0 radical (unpaired) electrons. The van der Waals surface area contributed by atoms with E-state index in [4.69, 9.17) is 0 Å². The molecule has 1 aromatic rings. The van der Waals surface area contributed by atoms with Gasteiger partial charge in [0.25, 0.3) is 0 Å². The summed E-state index contributed by atoms with van der Waals surface area (Å²) in [7, 11) is 2.01. The van der Waals surface area contributed by atoms with Crippen LogP contribution in [-0.2, 0) is 0 Å². The van der Waals surface area contributed by atoms with Crippen molar-refractivity contribution in [3.05, 3.63) is 35.6 Å². The van der Waals surface area contributed by atoms with E-state index in [1.54, 1.807) is 0 Å². The van der Waals surface area contributed by atoms with Crippen molar-refractivity contribution in [2.45, 2.75) is 12.5 Å². The molecule has 2 nitrogen and oxygen atoms in total. The number of hydrazine groups is 1. The third-order valence-corrected chi connectivity index (χ3v) is 2.50. The maximum atomic E-state index is 12.6. The molecule has 0 saturated carbocycles. The Kier molecular flexibility index (Phi) is 2.29.